The summed E-state index contributed by atoms with van der Waals surface area (Å²) in [6.45, 7) is 2.43. The fourth-order valence-electron chi connectivity index (χ4n) is 2.55. The zero-order valence-electron chi connectivity index (χ0n) is 17.7. The molecule has 2 N–H and O–H groups in total. The van der Waals surface area contributed by atoms with Gasteiger partial charge in [-0.1, -0.05) is 24.3 Å². The van der Waals surface area contributed by atoms with Gasteiger partial charge in [0.05, 0.1) is 0 Å². The maximum absolute atomic E-state index is 10.7. The van der Waals surface area contributed by atoms with Crippen LogP contribution in [0.2, 0.25) is 0 Å². The third-order valence-corrected chi connectivity index (χ3v) is 4.10. The predicted octanol–water partition coefficient (Wildman–Crippen LogP) is 1.88. The Hall–Kier alpha value is -3.10. The Morgan fingerprint density at radius 3 is 1.35 bits per heavy atom. The molecule has 2 aromatic rings. The fraction of sp³-hybridized carbons (Fsp3) is 0.391. The third kappa shape index (κ3) is 9.97. The van der Waals surface area contributed by atoms with Gasteiger partial charge in [-0.25, -0.2) is 0 Å². The van der Waals surface area contributed by atoms with Crippen LogP contribution in [0.3, 0.4) is 0 Å². The summed E-state index contributed by atoms with van der Waals surface area (Å²) in [5.74, 6) is 0.336. The Morgan fingerprint density at radius 1 is 0.677 bits per heavy atom. The highest BCUT2D eigenvalue weighted by Gasteiger charge is 2.09. The standard InChI is InChI=1S/C23H28O8/c1-16(24)28-12-20(26)14-30-22-7-3-18(4-8-22)11-19-5-9-23(10-6-19)31-15-21(27)13-29-17(2)25/h3-10,20-21,26-27H,11-15H2,1-2H3. The highest BCUT2D eigenvalue weighted by molar-refractivity contribution is 5.66. The first-order valence-corrected chi connectivity index (χ1v) is 9.88. The molecule has 8 nitrogen and oxygen atoms in total. The van der Waals surface area contributed by atoms with E-state index in [-0.39, 0.29) is 26.4 Å². The monoisotopic (exact) mass is 432 g/mol. The van der Waals surface area contributed by atoms with Crippen LogP contribution in [-0.4, -0.2) is 60.8 Å². The van der Waals surface area contributed by atoms with Gasteiger partial charge in [0.25, 0.3) is 0 Å². The smallest absolute Gasteiger partial charge is 0.302 e. The molecule has 31 heavy (non-hydrogen) atoms. The summed E-state index contributed by atoms with van der Waals surface area (Å²) < 4.78 is 20.4. The minimum atomic E-state index is -0.882. The summed E-state index contributed by atoms with van der Waals surface area (Å²) in [6, 6.07) is 15.0. The van der Waals surface area contributed by atoms with Crippen LogP contribution >= 0.6 is 0 Å². The molecular weight excluding hydrogens is 404 g/mol. The van der Waals surface area contributed by atoms with Crippen LogP contribution < -0.4 is 9.47 Å². The van der Waals surface area contributed by atoms with Crippen molar-refractivity contribution in [3.05, 3.63) is 59.7 Å². The van der Waals surface area contributed by atoms with Crippen molar-refractivity contribution in [2.24, 2.45) is 0 Å². The maximum atomic E-state index is 10.7. The third-order valence-electron chi connectivity index (χ3n) is 4.10. The van der Waals surface area contributed by atoms with Gasteiger partial charge in [0.1, 0.15) is 50.1 Å². The number of carbonyl (C=O) groups excluding carboxylic acids is 2. The molecule has 168 valence electrons. The number of aliphatic hydroxyl groups is 2. The number of esters is 2. The fourth-order valence-corrected chi connectivity index (χ4v) is 2.55. The summed E-state index contributed by atoms with van der Waals surface area (Å²) in [5, 5.41) is 19.4. The van der Waals surface area contributed by atoms with Crippen molar-refractivity contribution in [2.75, 3.05) is 26.4 Å². The second-order valence-electron chi connectivity index (χ2n) is 7.00. The number of aliphatic hydroxyl groups excluding tert-OH is 2. The molecule has 0 saturated carbocycles. The molecule has 0 aromatic heterocycles. The number of rotatable bonds is 12. The van der Waals surface area contributed by atoms with Crippen LogP contribution in [0.1, 0.15) is 25.0 Å². The van der Waals surface area contributed by atoms with E-state index in [1.807, 2.05) is 48.5 Å². The minimum absolute atomic E-state index is 0.0314. The first kappa shape index (κ1) is 24.2. The van der Waals surface area contributed by atoms with Gasteiger partial charge in [0, 0.05) is 13.8 Å². The van der Waals surface area contributed by atoms with E-state index >= 15 is 0 Å². The molecule has 0 heterocycles. The molecular formula is C23H28O8. The topological polar surface area (TPSA) is 112 Å². The van der Waals surface area contributed by atoms with Gasteiger partial charge in [0.15, 0.2) is 0 Å². The second-order valence-corrected chi connectivity index (χ2v) is 7.00. The molecule has 2 unspecified atom stereocenters. The van der Waals surface area contributed by atoms with Crippen LogP contribution in [0.5, 0.6) is 11.5 Å². The van der Waals surface area contributed by atoms with Crippen LogP contribution in [0, 0.1) is 0 Å². The van der Waals surface area contributed by atoms with E-state index in [0.29, 0.717) is 17.9 Å². The molecule has 8 heteroatoms. The van der Waals surface area contributed by atoms with E-state index in [9.17, 15) is 19.8 Å². The first-order chi connectivity index (χ1) is 14.8. The van der Waals surface area contributed by atoms with E-state index in [4.69, 9.17) is 18.9 Å². The van der Waals surface area contributed by atoms with Gasteiger partial charge >= 0.3 is 11.9 Å². The quantitative estimate of drug-likeness (QED) is 0.489. The average Bonchev–Trinajstić information content (AvgIpc) is 2.75. The van der Waals surface area contributed by atoms with Crippen molar-refractivity contribution in [3.8, 4) is 11.5 Å². The van der Waals surface area contributed by atoms with Gasteiger partial charge in [-0.05, 0) is 41.8 Å². The van der Waals surface area contributed by atoms with Crippen LogP contribution in [-0.2, 0) is 25.5 Å². The van der Waals surface area contributed by atoms with Gasteiger partial charge < -0.3 is 29.2 Å². The molecule has 2 rings (SSSR count). The lowest BCUT2D eigenvalue weighted by molar-refractivity contribution is -0.145. The Bertz CT molecular complexity index is 747. The maximum Gasteiger partial charge on any atom is 0.302 e. The molecule has 0 radical (unpaired) electrons. The summed E-state index contributed by atoms with van der Waals surface area (Å²) >= 11 is 0. The number of carbonyl (C=O) groups is 2. The first-order valence-electron chi connectivity index (χ1n) is 9.88. The van der Waals surface area contributed by atoms with Gasteiger partial charge in [-0.15, -0.1) is 0 Å². The van der Waals surface area contributed by atoms with Crippen molar-refractivity contribution >= 4 is 11.9 Å². The second kappa shape index (κ2) is 12.6. The SMILES string of the molecule is CC(=O)OCC(O)COc1ccc(Cc2ccc(OCC(O)COC(C)=O)cc2)cc1. The summed E-state index contributed by atoms with van der Waals surface area (Å²) in [6.07, 6.45) is -1.05. The Morgan fingerprint density at radius 2 is 1.03 bits per heavy atom. The molecule has 0 spiro atoms. The van der Waals surface area contributed by atoms with Crippen molar-refractivity contribution in [1.29, 1.82) is 0 Å². The molecule has 0 amide bonds. The lowest BCUT2D eigenvalue weighted by atomic mass is 10.0. The average molecular weight is 432 g/mol. The molecule has 2 aromatic carbocycles. The predicted molar refractivity (Wildman–Crippen MR) is 112 cm³/mol. The lowest BCUT2D eigenvalue weighted by Crippen LogP contribution is -2.24. The highest BCUT2D eigenvalue weighted by Crippen LogP contribution is 2.18. The Labute approximate surface area is 181 Å². The molecule has 0 saturated heterocycles. The zero-order chi connectivity index (χ0) is 22.6. The number of benzene rings is 2. The Kier molecular flexibility index (Phi) is 9.80. The van der Waals surface area contributed by atoms with Crippen molar-refractivity contribution in [2.45, 2.75) is 32.5 Å². The molecule has 0 bridgehead atoms. The largest absolute Gasteiger partial charge is 0.491 e. The molecule has 0 fully saturated rings. The van der Waals surface area contributed by atoms with Crippen LogP contribution in [0.4, 0.5) is 0 Å². The molecule has 0 aliphatic carbocycles. The minimum Gasteiger partial charge on any atom is -0.491 e. The summed E-state index contributed by atoms with van der Waals surface area (Å²) in [7, 11) is 0. The molecule has 0 aliphatic heterocycles. The van der Waals surface area contributed by atoms with E-state index < -0.39 is 24.1 Å². The normalized spacial score (nSPS) is 12.5. The molecule has 2 atom stereocenters. The summed E-state index contributed by atoms with van der Waals surface area (Å²) in [4.78, 5) is 21.5. The van der Waals surface area contributed by atoms with E-state index in [1.165, 1.54) is 13.8 Å². The number of ether oxygens (including phenoxy) is 4. The van der Waals surface area contributed by atoms with Crippen molar-refractivity contribution in [1.82, 2.24) is 0 Å². The van der Waals surface area contributed by atoms with Crippen molar-refractivity contribution < 1.29 is 38.7 Å². The lowest BCUT2D eigenvalue weighted by Gasteiger charge is -2.13. The van der Waals surface area contributed by atoms with Crippen LogP contribution in [0.25, 0.3) is 0 Å². The van der Waals surface area contributed by atoms with E-state index in [1.54, 1.807) is 0 Å². The van der Waals surface area contributed by atoms with E-state index in [0.717, 1.165) is 11.1 Å². The number of hydrogen-bond acceptors (Lipinski definition) is 8. The highest BCUT2D eigenvalue weighted by atomic mass is 16.6. The molecule has 0 aliphatic rings. The Balaban J connectivity index is 1.76. The van der Waals surface area contributed by atoms with Gasteiger partial charge in [-0.3, -0.25) is 9.59 Å². The van der Waals surface area contributed by atoms with Gasteiger partial charge in [0.2, 0.25) is 0 Å². The van der Waals surface area contributed by atoms with Crippen molar-refractivity contribution in [3.63, 3.8) is 0 Å². The summed E-state index contributed by atoms with van der Waals surface area (Å²) in [5.41, 5.74) is 2.16. The van der Waals surface area contributed by atoms with Gasteiger partial charge in [-0.2, -0.15) is 0 Å². The van der Waals surface area contributed by atoms with E-state index in [2.05, 4.69) is 0 Å². The number of hydrogen-bond donors (Lipinski definition) is 2. The zero-order valence-corrected chi connectivity index (χ0v) is 17.7. The van der Waals surface area contributed by atoms with Crippen LogP contribution in [0.15, 0.2) is 48.5 Å².